The second-order valence-electron chi connectivity index (χ2n) is 7.64. The second-order valence-corrected chi connectivity index (χ2v) is 7.64. The van der Waals surface area contributed by atoms with Crippen LogP contribution in [0.5, 0.6) is 0 Å². The number of carbonyl (C=O) groups excluding carboxylic acids is 8. The van der Waals surface area contributed by atoms with Crippen LogP contribution in [0.2, 0.25) is 0 Å². The maximum atomic E-state index is 11.4. The zero-order valence-electron chi connectivity index (χ0n) is 23.4. The van der Waals surface area contributed by atoms with Gasteiger partial charge in [0.2, 0.25) is 0 Å². The Morgan fingerprint density at radius 3 is 0.302 bits per heavy atom. The van der Waals surface area contributed by atoms with E-state index >= 15 is 0 Å². The summed E-state index contributed by atoms with van der Waals surface area (Å²) in [4.78, 5) is 63.8. The van der Waals surface area contributed by atoms with Crippen molar-refractivity contribution in [2.24, 2.45) is 0 Å². The van der Waals surface area contributed by atoms with Crippen molar-refractivity contribution in [1.29, 1.82) is 0 Å². The molecule has 0 amide bonds. The van der Waals surface area contributed by atoms with Gasteiger partial charge in [0.05, 0.1) is 0 Å². The monoisotopic (exact) mass is 988 g/mol. The van der Waals surface area contributed by atoms with Crippen molar-refractivity contribution in [3.63, 3.8) is 0 Å². The van der Waals surface area contributed by atoms with E-state index in [-0.39, 0.29) is 40.4 Å². The average molecular weight is 987 g/mol. The van der Waals surface area contributed by atoms with Crippen LogP contribution in [0.4, 0.5) is 105 Å². The van der Waals surface area contributed by atoms with Crippen molar-refractivity contribution in [2.45, 2.75) is 49.4 Å². The van der Waals surface area contributed by atoms with E-state index in [1.807, 2.05) is 0 Å². The fourth-order valence-corrected chi connectivity index (χ4v) is 1.17. The number of hydrogen-bond donors (Lipinski definition) is 0. The van der Waals surface area contributed by atoms with Crippen molar-refractivity contribution in [2.75, 3.05) is 0 Å². The fraction of sp³-hybridized carbons (Fsp3) is 0.400. The molecule has 0 saturated heterocycles. The smallest absolute Gasteiger partial charge is 0.306 e. The first-order chi connectivity index (χ1) is 22.2. The first kappa shape index (κ1) is 58.8. The van der Waals surface area contributed by atoms with Gasteiger partial charge in [-0.25, -0.2) is 0 Å². The van der Waals surface area contributed by atoms with Gasteiger partial charge in [0.1, 0.15) is 0 Å². The molecule has 1 radical (unpaired) electrons. The summed E-state index contributed by atoms with van der Waals surface area (Å²) >= 11 is 0. The van der Waals surface area contributed by atoms with Gasteiger partial charge in [-0.05, 0) is 0 Å². The second kappa shape index (κ2) is 20.8. The Labute approximate surface area is 305 Å². The summed E-state index contributed by atoms with van der Waals surface area (Å²) in [6, 6.07) is 0. The largest absolute Gasteiger partial charge is 3.00 e. The van der Waals surface area contributed by atoms with Gasteiger partial charge in [-0.2, -0.15) is 105 Å². The van der Waals surface area contributed by atoms with E-state index in [4.69, 9.17) is 38.4 Å². The maximum Gasteiger partial charge on any atom is 3.00 e. The Morgan fingerprint density at radius 1 is 0.208 bits per heavy atom. The van der Waals surface area contributed by atoms with Gasteiger partial charge in [-0.1, -0.05) is 0 Å². The van der Waals surface area contributed by atoms with Crippen molar-refractivity contribution in [1.82, 2.24) is 0 Å². The first-order valence-electron chi connectivity index (χ1n) is 10.6. The maximum absolute atomic E-state index is 11.4. The zero-order valence-corrected chi connectivity index (χ0v) is 26.0. The third-order valence-corrected chi connectivity index (χ3v) is 3.42. The van der Waals surface area contributed by atoms with E-state index in [0.717, 1.165) is 0 Å². The molecule has 0 aliphatic heterocycles. The van der Waals surface area contributed by atoms with Gasteiger partial charge >= 0.3 is 89.8 Å². The minimum absolute atomic E-state index is 0. The molecule has 0 aliphatic rings. The molecule has 8 nitrogen and oxygen atoms in total. The van der Waals surface area contributed by atoms with Crippen LogP contribution >= 0.6 is 0 Å². The third-order valence-electron chi connectivity index (χ3n) is 3.42. The average Bonchev–Trinajstić information content (AvgIpc) is 2.85. The summed E-state index contributed by atoms with van der Waals surface area (Å²) in [5.74, 6) is -20.1. The number of halogens is 24. The topological polar surface area (TPSA) is 171 Å². The molecule has 0 spiro atoms. The van der Waals surface area contributed by atoms with Crippen LogP contribution in [0.25, 0.3) is 0 Å². The van der Waals surface area contributed by atoms with Gasteiger partial charge < -0.3 is 38.4 Å². The molecule has 0 aromatic carbocycles. The van der Waals surface area contributed by atoms with Crippen LogP contribution < -0.4 is 0 Å². The number of ketones is 8. The van der Waals surface area contributed by atoms with Gasteiger partial charge in [0, 0.05) is 0 Å². The van der Waals surface area contributed by atoms with E-state index < -0.39 is 121 Å². The molecule has 0 heterocycles. The number of rotatable bonds is 8. The van der Waals surface area contributed by atoms with Crippen molar-refractivity contribution >= 4 is 46.3 Å². The standard InChI is InChI=1S/4C5HF6O2.Sm/c4*6-4(7,8)2(12)1-3(13)5(9,10)11;/h4*1H;/q4*-1;+3/p+8. The van der Waals surface area contributed by atoms with Gasteiger partial charge in [0.15, 0.2) is 0 Å². The normalized spacial score (nSPS) is 12.2. The number of alkyl halides is 24. The van der Waals surface area contributed by atoms with E-state index in [9.17, 15) is 105 Å². The van der Waals surface area contributed by atoms with Gasteiger partial charge in [0.25, 0.3) is 46.3 Å². The first-order valence-corrected chi connectivity index (χ1v) is 10.6. The van der Waals surface area contributed by atoms with E-state index in [1.54, 1.807) is 0 Å². The molecule has 0 atom stereocenters. The molecule has 0 aliphatic carbocycles. The third kappa shape index (κ3) is 28.6. The van der Waals surface area contributed by atoms with Crippen LogP contribution in [0.3, 0.4) is 0 Å². The Kier molecular flexibility index (Phi) is 23.1. The Morgan fingerprint density at radius 2 is 0.264 bits per heavy atom. The molecule has 0 rings (SSSR count). The molecular formula is C20H12F24O8Sm+7. The zero-order chi connectivity index (χ0) is 43.4. The molecule has 0 aromatic heterocycles. The summed E-state index contributed by atoms with van der Waals surface area (Å²) in [6.07, 6.45) is -45.7. The van der Waals surface area contributed by atoms with E-state index in [1.165, 1.54) is 0 Å². The van der Waals surface area contributed by atoms with Gasteiger partial charge in [-0.15, -0.1) is 25.7 Å². The number of hydrogen-bond acceptors (Lipinski definition) is 0. The minimum atomic E-state index is -5.31. The molecular weight excluding hydrogens is 975 g/mol. The molecule has 0 fully saturated rings. The van der Waals surface area contributed by atoms with E-state index in [0.29, 0.717) is 0 Å². The molecule has 53 heavy (non-hydrogen) atoms. The Balaban J connectivity index is -0.000000192. The van der Waals surface area contributed by atoms with Crippen molar-refractivity contribution in [3.05, 3.63) is 25.7 Å². The minimum Gasteiger partial charge on any atom is -0.306 e. The van der Waals surface area contributed by atoms with Crippen LogP contribution in [-0.2, 0) is 0 Å². The predicted octanol–water partition coefficient (Wildman–Crippen LogP) is 5.62. The Bertz CT molecular complexity index is 1010. The summed E-state index contributed by atoms with van der Waals surface area (Å²) in [5.41, 5.74) is 0. The van der Waals surface area contributed by atoms with Crippen LogP contribution in [0.1, 0.15) is 0 Å². The summed E-state index contributed by atoms with van der Waals surface area (Å²) < 4.78 is 273. The van der Waals surface area contributed by atoms with Crippen LogP contribution in [-0.4, -0.2) is 134 Å². The molecule has 8 N–H and O–H groups in total. The van der Waals surface area contributed by atoms with E-state index in [2.05, 4.69) is 0 Å². The SMILES string of the molecule is [OH+]=C([CH-]C(=[OH+])C(F)(F)F)C(F)(F)F.[OH+]=C([CH-]C(=[OH+])C(F)(F)F)C(F)(F)F.[OH+]=C([CH-]C(=[OH+])C(F)(F)F)C(F)(F)F.[OH+]=C([CH-]C(=[OH+])C(F)(F)F)C(F)(F)F.[Sm+3]. The summed E-state index contributed by atoms with van der Waals surface area (Å²) in [5, 5.41) is 0. The van der Waals surface area contributed by atoms with Crippen LogP contribution in [0.15, 0.2) is 0 Å². The molecule has 0 aromatic rings. The van der Waals surface area contributed by atoms with Crippen molar-refractivity contribution in [3.8, 4) is 0 Å². The molecule has 0 bridgehead atoms. The quantitative estimate of drug-likeness (QED) is 0.128. The van der Waals surface area contributed by atoms with Crippen molar-refractivity contribution < 1.29 is 184 Å². The fourth-order valence-electron chi connectivity index (χ4n) is 1.17. The Hall–Kier alpha value is -3.50. The molecule has 33 heteroatoms. The van der Waals surface area contributed by atoms with Gasteiger partial charge in [-0.3, -0.25) is 0 Å². The molecule has 307 valence electrons. The predicted molar refractivity (Wildman–Crippen MR) is 121 cm³/mol. The molecule has 0 saturated carbocycles. The van der Waals surface area contributed by atoms with Crippen LogP contribution in [0, 0.1) is 66.1 Å². The molecule has 0 unspecified atom stereocenters. The summed E-state index contributed by atoms with van der Waals surface area (Å²) in [7, 11) is 0. The summed E-state index contributed by atoms with van der Waals surface area (Å²) in [6.45, 7) is 0.